The predicted molar refractivity (Wildman–Crippen MR) is 145 cm³/mol. The van der Waals surface area contributed by atoms with Gasteiger partial charge in [0.1, 0.15) is 0 Å². The lowest BCUT2D eigenvalue weighted by Gasteiger charge is -2.14. The van der Waals surface area contributed by atoms with E-state index in [-0.39, 0.29) is 5.69 Å². The topological polar surface area (TPSA) is 118 Å². The average Bonchev–Trinajstić information content (AvgIpc) is 2.93. The molecule has 38 heavy (non-hydrogen) atoms. The molecule has 0 atom stereocenters. The van der Waals surface area contributed by atoms with E-state index in [0.29, 0.717) is 45.6 Å². The van der Waals surface area contributed by atoms with Crippen LogP contribution >= 0.6 is 0 Å². The number of amides is 1. The fraction of sp³-hybridized carbons (Fsp3) is 0.179. The van der Waals surface area contributed by atoms with Crippen LogP contribution in [0.15, 0.2) is 54.6 Å². The minimum absolute atomic E-state index is 0.102. The van der Waals surface area contributed by atoms with Crippen molar-refractivity contribution in [3.63, 3.8) is 0 Å². The highest BCUT2D eigenvalue weighted by atomic mass is 16.6. The molecule has 0 aliphatic carbocycles. The molecular formula is C28H28N2O8. The molecule has 3 aromatic carbocycles. The minimum atomic E-state index is -0.505. The largest absolute Gasteiger partial charge is 0.493 e. The Labute approximate surface area is 220 Å². The highest BCUT2D eigenvalue weighted by Crippen LogP contribution is 2.40. The molecule has 0 aliphatic rings. The molecule has 3 rings (SSSR count). The van der Waals surface area contributed by atoms with Crippen LogP contribution < -0.4 is 29.0 Å². The zero-order chi connectivity index (χ0) is 27.7. The molecule has 0 radical (unpaired) electrons. The standard InChI is InChI=1S/C28H28N2O8/c1-34-23-15-18(10-11-19-16-24(35-2)28(38-5)25(17-19)36-3)14-21(27(23)37-4)29-26(31)13-12-20-8-6-7-9-22(20)30(32)33/h6-17H,1-5H3,(H,29,31)/b11-10+,13-12+. The van der Waals surface area contributed by atoms with E-state index in [2.05, 4.69) is 5.32 Å². The van der Waals surface area contributed by atoms with Gasteiger partial charge in [-0.05, 0) is 47.5 Å². The Morgan fingerprint density at radius 2 is 1.29 bits per heavy atom. The van der Waals surface area contributed by atoms with E-state index in [1.165, 1.54) is 39.5 Å². The number of nitrogens with zero attached hydrogens (tertiary/aromatic N) is 1. The Kier molecular flexibility index (Phi) is 9.31. The van der Waals surface area contributed by atoms with Crippen molar-refractivity contribution in [1.29, 1.82) is 0 Å². The highest BCUT2D eigenvalue weighted by Gasteiger charge is 2.15. The summed E-state index contributed by atoms with van der Waals surface area (Å²) in [6, 6.07) is 13.2. The van der Waals surface area contributed by atoms with Gasteiger partial charge in [-0.2, -0.15) is 0 Å². The van der Waals surface area contributed by atoms with Gasteiger partial charge in [0, 0.05) is 12.1 Å². The predicted octanol–water partition coefficient (Wildman–Crippen LogP) is 5.46. The number of rotatable bonds is 11. The number of methoxy groups -OCH3 is 5. The van der Waals surface area contributed by atoms with E-state index in [9.17, 15) is 14.9 Å². The van der Waals surface area contributed by atoms with E-state index in [1.54, 1.807) is 56.7 Å². The normalized spacial score (nSPS) is 10.9. The number of nitro benzene ring substituents is 1. The van der Waals surface area contributed by atoms with E-state index < -0.39 is 10.8 Å². The number of benzene rings is 3. The van der Waals surface area contributed by atoms with Crippen molar-refractivity contribution in [2.45, 2.75) is 0 Å². The lowest BCUT2D eigenvalue weighted by Crippen LogP contribution is -2.10. The monoisotopic (exact) mass is 520 g/mol. The molecular weight excluding hydrogens is 492 g/mol. The number of ether oxygens (including phenoxy) is 5. The second kappa shape index (κ2) is 12.8. The Morgan fingerprint density at radius 1 is 0.763 bits per heavy atom. The van der Waals surface area contributed by atoms with Gasteiger partial charge in [0.05, 0.1) is 51.7 Å². The molecule has 10 heteroatoms. The summed E-state index contributed by atoms with van der Waals surface area (Å²) in [6.07, 6.45) is 6.26. The Hall–Kier alpha value is -4.99. The smallest absolute Gasteiger partial charge is 0.276 e. The molecule has 0 fully saturated rings. The van der Waals surface area contributed by atoms with Crippen LogP contribution in [0.1, 0.15) is 16.7 Å². The molecule has 0 aliphatic heterocycles. The molecule has 0 saturated carbocycles. The van der Waals surface area contributed by atoms with Gasteiger partial charge in [-0.3, -0.25) is 14.9 Å². The molecule has 0 heterocycles. The van der Waals surface area contributed by atoms with Crippen LogP contribution in [0, 0.1) is 10.1 Å². The van der Waals surface area contributed by atoms with Gasteiger partial charge in [0.2, 0.25) is 11.7 Å². The maximum atomic E-state index is 12.7. The van der Waals surface area contributed by atoms with Gasteiger partial charge in [0.15, 0.2) is 23.0 Å². The first-order chi connectivity index (χ1) is 18.3. The van der Waals surface area contributed by atoms with Crippen LogP contribution in [-0.2, 0) is 4.79 Å². The van der Waals surface area contributed by atoms with E-state index in [0.717, 1.165) is 5.56 Å². The summed E-state index contributed by atoms with van der Waals surface area (Å²) in [5.41, 5.74) is 2.05. The number of nitrogens with one attached hydrogen (secondary N) is 1. The molecule has 1 N–H and O–H groups in total. The van der Waals surface area contributed by atoms with Gasteiger partial charge in [0.25, 0.3) is 5.69 Å². The second-order valence-electron chi connectivity index (χ2n) is 7.73. The zero-order valence-corrected chi connectivity index (χ0v) is 21.6. The Balaban J connectivity index is 1.92. The highest BCUT2D eigenvalue weighted by molar-refractivity contribution is 6.03. The first-order valence-corrected chi connectivity index (χ1v) is 11.3. The summed E-state index contributed by atoms with van der Waals surface area (Å²) >= 11 is 0. The molecule has 0 unspecified atom stereocenters. The maximum absolute atomic E-state index is 12.7. The van der Waals surface area contributed by atoms with Gasteiger partial charge in [-0.15, -0.1) is 0 Å². The van der Waals surface area contributed by atoms with Crippen molar-refractivity contribution >= 4 is 35.5 Å². The maximum Gasteiger partial charge on any atom is 0.276 e. The van der Waals surface area contributed by atoms with Crippen LogP contribution in [-0.4, -0.2) is 46.4 Å². The lowest BCUT2D eigenvalue weighted by atomic mass is 10.1. The SMILES string of the molecule is COc1cc(/C=C/c2cc(OC)c(OC)c(OC)c2)cc(NC(=O)/C=C/c2ccccc2[N+](=O)[O-])c1OC. The van der Waals surface area contributed by atoms with Gasteiger partial charge in [-0.25, -0.2) is 0 Å². The summed E-state index contributed by atoms with van der Waals surface area (Å²) in [5, 5.41) is 14.0. The Bertz CT molecular complexity index is 1360. The molecule has 0 aromatic heterocycles. The zero-order valence-electron chi connectivity index (χ0n) is 21.6. The number of anilines is 1. The number of carbonyl (C=O) groups is 1. The number of hydrogen-bond acceptors (Lipinski definition) is 8. The fourth-order valence-corrected chi connectivity index (χ4v) is 3.70. The molecule has 3 aromatic rings. The van der Waals surface area contributed by atoms with Crippen molar-refractivity contribution in [1.82, 2.24) is 0 Å². The van der Waals surface area contributed by atoms with E-state index in [4.69, 9.17) is 23.7 Å². The van der Waals surface area contributed by atoms with Crippen molar-refractivity contribution in [3.05, 3.63) is 81.4 Å². The van der Waals surface area contributed by atoms with Crippen molar-refractivity contribution in [2.75, 3.05) is 40.9 Å². The third-order valence-electron chi connectivity index (χ3n) is 5.46. The summed E-state index contributed by atoms with van der Waals surface area (Å²) in [6.45, 7) is 0. The minimum Gasteiger partial charge on any atom is -0.493 e. The van der Waals surface area contributed by atoms with Crippen molar-refractivity contribution < 1.29 is 33.4 Å². The molecule has 10 nitrogen and oxygen atoms in total. The number of carbonyl (C=O) groups excluding carboxylic acids is 1. The molecule has 0 bridgehead atoms. The van der Waals surface area contributed by atoms with E-state index in [1.807, 2.05) is 12.2 Å². The third kappa shape index (κ3) is 6.41. The quantitative estimate of drug-likeness (QED) is 0.153. The van der Waals surface area contributed by atoms with Crippen LogP contribution in [0.5, 0.6) is 28.7 Å². The van der Waals surface area contributed by atoms with Crippen molar-refractivity contribution in [3.8, 4) is 28.7 Å². The van der Waals surface area contributed by atoms with Gasteiger partial charge < -0.3 is 29.0 Å². The third-order valence-corrected chi connectivity index (χ3v) is 5.46. The van der Waals surface area contributed by atoms with Crippen LogP contribution in [0.3, 0.4) is 0 Å². The second-order valence-corrected chi connectivity index (χ2v) is 7.73. The molecule has 0 spiro atoms. The van der Waals surface area contributed by atoms with Crippen molar-refractivity contribution in [2.24, 2.45) is 0 Å². The lowest BCUT2D eigenvalue weighted by molar-refractivity contribution is -0.385. The summed E-state index contributed by atoms with van der Waals surface area (Å²) in [4.78, 5) is 23.4. The summed E-state index contributed by atoms with van der Waals surface area (Å²) < 4.78 is 27.1. The van der Waals surface area contributed by atoms with Gasteiger partial charge in [-0.1, -0.05) is 24.3 Å². The first kappa shape index (κ1) is 27.6. The summed E-state index contributed by atoms with van der Waals surface area (Å²) in [7, 11) is 7.56. The summed E-state index contributed by atoms with van der Waals surface area (Å²) in [5.74, 6) is 1.73. The van der Waals surface area contributed by atoms with Gasteiger partial charge >= 0.3 is 0 Å². The number of para-hydroxylation sites is 1. The number of hydrogen-bond donors (Lipinski definition) is 1. The fourth-order valence-electron chi connectivity index (χ4n) is 3.70. The molecule has 1 amide bonds. The van der Waals surface area contributed by atoms with E-state index >= 15 is 0 Å². The van der Waals surface area contributed by atoms with Crippen LogP contribution in [0.2, 0.25) is 0 Å². The molecule has 198 valence electrons. The molecule has 0 saturated heterocycles. The first-order valence-electron chi connectivity index (χ1n) is 11.3. The van der Waals surface area contributed by atoms with Crippen LogP contribution in [0.25, 0.3) is 18.2 Å². The number of nitro groups is 1. The Morgan fingerprint density at radius 3 is 1.82 bits per heavy atom. The average molecular weight is 521 g/mol. The van der Waals surface area contributed by atoms with Crippen LogP contribution in [0.4, 0.5) is 11.4 Å².